The van der Waals surface area contributed by atoms with Gasteiger partial charge in [0, 0.05) is 6.04 Å². The topological polar surface area (TPSA) is 30.5 Å². The number of rotatable bonds is 4. The highest BCUT2D eigenvalue weighted by atomic mass is 16.6. The van der Waals surface area contributed by atoms with Crippen LogP contribution in [-0.4, -0.2) is 19.8 Å². The zero-order chi connectivity index (χ0) is 13.9. The molecule has 1 heterocycles. The predicted molar refractivity (Wildman–Crippen MR) is 80.4 cm³/mol. The lowest BCUT2D eigenvalue weighted by Gasteiger charge is -2.27. The van der Waals surface area contributed by atoms with E-state index in [-0.39, 0.29) is 0 Å². The first-order valence-corrected chi connectivity index (χ1v) is 7.91. The van der Waals surface area contributed by atoms with Crippen LogP contribution in [0.25, 0.3) is 0 Å². The van der Waals surface area contributed by atoms with E-state index in [0.717, 1.165) is 29.9 Å². The molecule has 1 fully saturated rings. The third-order valence-corrected chi connectivity index (χ3v) is 4.56. The molecule has 3 unspecified atom stereocenters. The van der Waals surface area contributed by atoms with Gasteiger partial charge in [-0.1, -0.05) is 26.3 Å². The number of benzene rings is 1. The summed E-state index contributed by atoms with van der Waals surface area (Å²) in [5.74, 6) is 3.39. The van der Waals surface area contributed by atoms with Gasteiger partial charge >= 0.3 is 0 Å². The maximum absolute atomic E-state index is 5.72. The van der Waals surface area contributed by atoms with E-state index in [4.69, 9.17) is 9.47 Å². The number of nitrogens with one attached hydrogen (secondary N) is 1. The molecule has 0 aromatic heterocycles. The smallest absolute Gasteiger partial charge is 0.161 e. The first kappa shape index (κ1) is 13.7. The molecule has 1 aliphatic heterocycles. The number of ether oxygens (including phenoxy) is 2. The summed E-state index contributed by atoms with van der Waals surface area (Å²) in [5.41, 5.74) is 1.34. The Kier molecular flexibility index (Phi) is 4.16. The minimum atomic E-state index is 0.445. The highest BCUT2D eigenvalue weighted by molar-refractivity contribution is 5.44. The lowest BCUT2D eigenvalue weighted by molar-refractivity contribution is 0.171. The van der Waals surface area contributed by atoms with Crippen molar-refractivity contribution in [2.75, 3.05) is 19.8 Å². The van der Waals surface area contributed by atoms with E-state index in [1.807, 2.05) is 0 Å². The van der Waals surface area contributed by atoms with Gasteiger partial charge in [0.15, 0.2) is 11.5 Å². The highest BCUT2D eigenvalue weighted by Gasteiger charge is 2.30. The van der Waals surface area contributed by atoms with Crippen LogP contribution in [0.1, 0.15) is 44.7 Å². The van der Waals surface area contributed by atoms with Gasteiger partial charge in [-0.25, -0.2) is 0 Å². The molecule has 1 aromatic carbocycles. The van der Waals surface area contributed by atoms with Gasteiger partial charge < -0.3 is 14.8 Å². The third kappa shape index (κ3) is 2.78. The second-order valence-electron chi connectivity index (χ2n) is 6.12. The van der Waals surface area contributed by atoms with Crippen LogP contribution in [0.3, 0.4) is 0 Å². The highest BCUT2D eigenvalue weighted by Crippen LogP contribution is 2.41. The van der Waals surface area contributed by atoms with Crippen molar-refractivity contribution in [2.24, 2.45) is 11.8 Å². The van der Waals surface area contributed by atoms with Crippen LogP contribution < -0.4 is 14.8 Å². The molecule has 0 saturated heterocycles. The minimum absolute atomic E-state index is 0.445. The van der Waals surface area contributed by atoms with Gasteiger partial charge in [0.25, 0.3) is 0 Å². The molecule has 3 rings (SSSR count). The molecule has 1 aromatic rings. The molecule has 0 bridgehead atoms. The number of hydrogen-bond donors (Lipinski definition) is 1. The molecule has 1 N–H and O–H groups in total. The van der Waals surface area contributed by atoms with Crippen LogP contribution in [0, 0.1) is 11.8 Å². The van der Waals surface area contributed by atoms with Crippen molar-refractivity contribution >= 4 is 0 Å². The molecule has 3 heteroatoms. The van der Waals surface area contributed by atoms with Crippen molar-refractivity contribution in [1.29, 1.82) is 0 Å². The Morgan fingerprint density at radius 1 is 1.20 bits per heavy atom. The van der Waals surface area contributed by atoms with Crippen molar-refractivity contribution in [3.63, 3.8) is 0 Å². The van der Waals surface area contributed by atoms with E-state index >= 15 is 0 Å². The van der Waals surface area contributed by atoms with E-state index in [1.165, 1.54) is 24.8 Å². The fourth-order valence-electron chi connectivity index (χ4n) is 3.58. The summed E-state index contributed by atoms with van der Waals surface area (Å²) in [6.07, 6.45) is 4.01. The van der Waals surface area contributed by atoms with Crippen LogP contribution in [0.4, 0.5) is 0 Å². The second-order valence-corrected chi connectivity index (χ2v) is 6.12. The predicted octanol–water partition coefficient (Wildman–Crippen LogP) is 3.54. The Bertz CT molecular complexity index is 460. The monoisotopic (exact) mass is 275 g/mol. The summed E-state index contributed by atoms with van der Waals surface area (Å²) in [4.78, 5) is 0. The largest absolute Gasteiger partial charge is 0.486 e. The Morgan fingerprint density at radius 2 is 2.00 bits per heavy atom. The maximum Gasteiger partial charge on any atom is 0.161 e. The van der Waals surface area contributed by atoms with Gasteiger partial charge in [0.1, 0.15) is 13.2 Å². The summed E-state index contributed by atoms with van der Waals surface area (Å²) in [7, 11) is 0. The Labute approximate surface area is 121 Å². The third-order valence-electron chi connectivity index (χ3n) is 4.56. The Balaban J connectivity index is 1.83. The number of fused-ring (bicyclic) bond motifs is 1. The average molecular weight is 275 g/mol. The van der Waals surface area contributed by atoms with Gasteiger partial charge in [-0.2, -0.15) is 0 Å². The standard InChI is InChI=1S/C17H25NO2/c1-3-18-17(13-5-4-12(2)10-13)14-6-7-15-16(11-14)20-9-8-19-15/h6-7,11-13,17-18H,3-5,8-10H2,1-2H3. The van der Waals surface area contributed by atoms with Gasteiger partial charge in [0.2, 0.25) is 0 Å². The quantitative estimate of drug-likeness (QED) is 0.911. The van der Waals surface area contributed by atoms with Crippen LogP contribution >= 0.6 is 0 Å². The summed E-state index contributed by atoms with van der Waals surface area (Å²) >= 11 is 0. The SMILES string of the molecule is CCNC(c1ccc2c(c1)OCCO2)C1CCC(C)C1. The molecule has 3 atom stereocenters. The molecule has 110 valence electrons. The van der Waals surface area contributed by atoms with Gasteiger partial charge in [-0.3, -0.25) is 0 Å². The second kappa shape index (κ2) is 6.04. The van der Waals surface area contributed by atoms with Crippen LogP contribution in [0.15, 0.2) is 18.2 Å². The van der Waals surface area contributed by atoms with E-state index in [2.05, 4.69) is 37.4 Å². The zero-order valence-corrected chi connectivity index (χ0v) is 12.5. The van der Waals surface area contributed by atoms with E-state index in [0.29, 0.717) is 19.3 Å². The molecule has 0 amide bonds. The van der Waals surface area contributed by atoms with Crippen molar-refractivity contribution in [3.05, 3.63) is 23.8 Å². The minimum Gasteiger partial charge on any atom is -0.486 e. The van der Waals surface area contributed by atoms with E-state index in [1.54, 1.807) is 0 Å². The van der Waals surface area contributed by atoms with Crippen LogP contribution in [0.2, 0.25) is 0 Å². The number of hydrogen-bond acceptors (Lipinski definition) is 3. The molecule has 1 saturated carbocycles. The molecule has 20 heavy (non-hydrogen) atoms. The lowest BCUT2D eigenvalue weighted by atomic mass is 9.90. The summed E-state index contributed by atoms with van der Waals surface area (Å²) in [5, 5.41) is 3.67. The Hall–Kier alpha value is -1.22. The van der Waals surface area contributed by atoms with Crippen LogP contribution in [-0.2, 0) is 0 Å². The first-order chi connectivity index (χ1) is 9.78. The molecule has 0 spiro atoms. The van der Waals surface area contributed by atoms with Crippen molar-refractivity contribution in [1.82, 2.24) is 5.32 Å². The van der Waals surface area contributed by atoms with Gasteiger partial charge in [-0.15, -0.1) is 0 Å². The molecule has 0 radical (unpaired) electrons. The molecule has 1 aliphatic carbocycles. The lowest BCUT2D eigenvalue weighted by Crippen LogP contribution is -2.27. The molecular formula is C17H25NO2. The van der Waals surface area contributed by atoms with Crippen molar-refractivity contribution in [3.8, 4) is 11.5 Å². The maximum atomic E-state index is 5.72. The van der Waals surface area contributed by atoms with Crippen molar-refractivity contribution in [2.45, 2.75) is 39.2 Å². The van der Waals surface area contributed by atoms with Gasteiger partial charge in [-0.05, 0) is 48.9 Å². The fraction of sp³-hybridized carbons (Fsp3) is 0.647. The summed E-state index contributed by atoms with van der Waals surface area (Å²) < 4.78 is 11.3. The Morgan fingerprint density at radius 3 is 2.70 bits per heavy atom. The van der Waals surface area contributed by atoms with Gasteiger partial charge in [0.05, 0.1) is 0 Å². The van der Waals surface area contributed by atoms with E-state index in [9.17, 15) is 0 Å². The first-order valence-electron chi connectivity index (χ1n) is 7.91. The average Bonchev–Trinajstić information content (AvgIpc) is 2.90. The fourth-order valence-corrected chi connectivity index (χ4v) is 3.58. The summed E-state index contributed by atoms with van der Waals surface area (Å²) in [6.45, 7) is 6.87. The van der Waals surface area contributed by atoms with Crippen molar-refractivity contribution < 1.29 is 9.47 Å². The summed E-state index contributed by atoms with van der Waals surface area (Å²) in [6, 6.07) is 6.88. The van der Waals surface area contributed by atoms with E-state index < -0.39 is 0 Å². The molecule has 3 nitrogen and oxygen atoms in total. The zero-order valence-electron chi connectivity index (χ0n) is 12.5. The normalized spacial score (nSPS) is 26.5. The van der Waals surface area contributed by atoms with Crippen LogP contribution in [0.5, 0.6) is 11.5 Å². The molecular weight excluding hydrogens is 250 g/mol. The molecule has 2 aliphatic rings.